The highest BCUT2D eigenvalue weighted by atomic mass is 16.5. The van der Waals surface area contributed by atoms with Crippen LogP contribution < -0.4 is 20.9 Å². The molecule has 1 aromatic heterocycles. The molecule has 0 saturated carbocycles. The number of hydrogen-bond donors (Lipinski definition) is 2. The number of nitrogens with zero attached hydrogens (tertiary/aromatic N) is 2. The van der Waals surface area contributed by atoms with Crippen LogP contribution in [0, 0.1) is 0 Å². The zero-order valence-corrected chi connectivity index (χ0v) is 17.7. The molecule has 162 valence electrons. The summed E-state index contributed by atoms with van der Waals surface area (Å²) in [5, 5.41) is 5.52. The molecule has 0 radical (unpaired) electrons. The lowest BCUT2D eigenvalue weighted by Crippen LogP contribution is -2.32. The van der Waals surface area contributed by atoms with Gasteiger partial charge in [-0.3, -0.25) is 19.0 Å². The molecule has 31 heavy (non-hydrogen) atoms. The van der Waals surface area contributed by atoms with Gasteiger partial charge in [0.05, 0.1) is 23.3 Å². The molecule has 0 aliphatic carbocycles. The van der Waals surface area contributed by atoms with Crippen molar-refractivity contribution >= 4 is 28.5 Å². The molecule has 0 aliphatic heterocycles. The van der Waals surface area contributed by atoms with E-state index in [1.807, 2.05) is 26.0 Å². The second kappa shape index (κ2) is 10.4. The summed E-state index contributed by atoms with van der Waals surface area (Å²) in [4.78, 5) is 42.1. The maximum atomic E-state index is 13.1. The molecule has 0 bridgehead atoms. The Labute approximate surface area is 180 Å². The molecule has 0 fully saturated rings. The van der Waals surface area contributed by atoms with E-state index in [1.165, 1.54) is 4.57 Å². The average molecular weight is 422 g/mol. The molecule has 0 spiro atoms. The fourth-order valence-electron chi connectivity index (χ4n) is 3.27. The van der Waals surface area contributed by atoms with E-state index >= 15 is 0 Å². The fourth-order valence-corrected chi connectivity index (χ4v) is 3.27. The van der Waals surface area contributed by atoms with E-state index in [4.69, 9.17) is 4.74 Å². The van der Waals surface area contributed by atoms with Crippen molar-refractivity contribution < 1.29 is 14.3 Å². The SMILES string of the molecule is CCNC(=O)CCc1nc2ccccc2n(CC(=O)Nc2ccccc2OCC)c1=O. The van der Waals surface area contributed by atoms with Gasteiger partial charge in [-0.05, 0) is 38.1 Å². The van der Waals surface area contributed by atoms with Crippen LogP contribution in [-0.2, 0) is 22.6 Å². The van der Waals surface area contributed by atoms with Gasteiger partial charge >= 0.3 is 0 Å². The van der Waals surface area contributed by atoms with Crippen LogP contribution in [0.5, 0.6) is 5.75 Å². The second-order valence-electron chi connectivity index (χ2n) is 6.87. The van der Waals surface area contributed by atoms with Gasteiger partial charge < -0.3 is 15.4 Å². The van der Waals surface area contributed by atoms with Crippen LogP contribution in [0.25, 0.3) is 11.0 Å². The number of carbonyl (C=O) groups excluding carboxylic acids is 2. The van der Waals surface area contributed by atoms with Crippen LogP contribution in [0.1, 0.15) is 26.0 Å². The Morgan fingerprint density at radius 1 is 1.03 bits per heavy atom. The minimum Gasteiger partial charge on any atom is -0.492 e. The summed E-state index contributed by atoms with van der Waals surface area (Å²) in [6.07, 6.45) is 0.354. The number of para-hydroxylation sites is 4. The van der Waals surface area contributed by atoms with Gasteiger partial charge in [-0.25, -0.2) is 4.98 Å². The van der Waals surface area contributed by atoms with E-state index in [9.17, 15) is 14.4 Å². The number of rotatable bonds is 9. The number of aromatic nitrogens is 2. The van der Waals surface area contributed by atoms with Gasteiger partial charge in [0.2, 0.25) is 11.8 Å². The largest absolute Gasteiger partial charge is 0.492 e. The summed E-state index contributed by atoms with van der Waals surface area (Å²) in [6.45, 7) is 4.51. The molecule has 3 aromatic rings. The maximum Gasteiger partial charge on any atom is 0.273 e. The Bertz CT molecular complexity index is 1140. The molecule has 2 aromatic carbocycles. The number of carbonyl (C=O) groups is 2. The van der Waals surface area contributed by atoms with Crippen LogP contribution in [0.15, 0.2) is 53.3 Å². The summed E-state index contributed by atoms with van der Waals surface area (Å²) >= 11 is 0. The summed E-state index contributed by atoms with van der Waals surface area (Å²) < 4.78 is 6.94. The quantitative estimate of drug-likeness (QED) is 0.552. The van der Waals surface area contributed by atoms with E-state index in [1.54, 1.807) is 36.4 Å². The molecular formula is C23H26N4O4. The van der Waals surface area contributed by atoms with Gasteiger partial charge in [0.25, 0.3) is 5.56 Å². The number of aryl methyl sites for hydroxylation is 1. The lowest BCUT2D eigenvalue weighted by Gasteiger charge is -2.14. The van der Waals surface area contributed by atoms with Crippen molar-refractivity contribution in [2.24, 2.45) is 0 Å². The topological polar surface area (TPSA) is 102 Å². The molecule has 2 N–H and O–H groups in total. The third kappa shape index (κ3) is 5.48. The van der Waals surface area contributed by atoms with Crippen LogP contribution in [0.4, 0.5) is 5.69 Å². The van der Waals surface area contributed by atoms with Gasteiger partial charge in [0.1, 0.15) is 18.0 Å². The standard InChI is InChI=1S/C23H26N4O4/c1-3-24-21(28)14-13-18-23(30)27(19-11-7-5-9-16(19)25-18)15-22(29)26-17-10-6-8-12-20(17)31-4-2/h5-12H,3-4,13-15H2,1-2H3,(H,24,28)(H,26,29). The summed E-state index contributed by atoms with van der Waals surface area (Å²) in [7, 11) is 0. The second-order valence-corrected chi connectivity index (χ2v) is 6.87. The molecule has 0 atom stereocenters. The smallest absolute Gasteiger partial charge is 0.273 e. The van der Waals surface area contributed by atoms with E-state index in [0.29, 0.717) is 35.6 Å². The third-order valence-corrected chi connectivity index (χ3v) is 4.65. The highest BCUT2D eigenvalue weighted by molar-refractivity contribution is 5.93. The van der Waals surface area contributed by atoms with Gasteiger partial charge in [0.15, 0.2) is 0 Å². The highest BCUT2D eigenvalue weighted by Crippen LogP contribution is 2.23. The number of nitrogens with one attached hydrogen (secondary N) is 2. The number of benzene rings is 2. The normalized spacial score (nSPS) is 10.6. The fraction of sp³-hybridized carbons (Fsp3) is 0.304. The van der Waals surface area contributed by atoms with Gasteiger partial charge in [-0.15, -0.1) is 0 Å². The molecule has 2 amide bonds. The van der Waals surface area contributed by atoms with Gasteiger partial charge in [0, 0.05) is 19.4 Å². The van der Waals surface area contributed by atoms with Crippen molar-refractivity contribution in [1.82, 2.24) is 14.9 Å². The zero-order chi connectivity index (χ0) is 22.2. The molecule has 1 heterocycles. The van der Waals surface area contributed by atoms with E-state index in [-0.39, 0.29) is 42.5 Å². The summed E-state index contributed by atoms with van der Waals surface area (Å²) in [5.41, 5.74) is 1.57. The number of hydrogen-bond acceptors (Lipinski definition) is 5. The molecule has 8 heteroatoms. The van der Waals surface area contributed by atoms with Crippen LogP contribution in [-0.4, -0.2) is 34.5 Å². The monoisotopic (exact) mass is 422 g/mol. The average Bonchev–Trinajstić information content (AvgIpc) is 2.76. The Morgan fingerprint density at radius 3 is 2.55 bits per heavy atom. The van der Waals surface area contributed by atoms with Gasteiger partial charge in [-0.2, -0.15) is 0 Å². The van der Waals surface area contributed by atoms with Crippen molar-refractivity contribution in [3.8, 4) is 5.75 Å². The lowest BCUT2D eigenvalue weighted by molar-refractivity contribution is -0.121. The van der Waals surface area contributed by atoms with E-state index < -0.39 is 0 Å². The number of ether oxygens (including phenoxy) is 1. The number of amides is 2. The summed E-state index contributed by atoms with van der Waals surface area (Å²) in [5.74, 6) is 0.0573. The molecule has 0 aliphatic rings. The Hall–Kier alpha value is -3.68. The Kier molecular flexibility index (Phi) is 7.37. The van der Waals surface area contributed by atoms with Crippen molar-refractivity contribution in [2.45, 2.75) is 33.2 Å². The highest BCUT2D eigenvalue weighted by Gasteiger charge is 2.15. The van der Waals surface area contributed by atoms with Crippen molar-refractivity contribution in [1.29, 1.82) is 0 Å². The Morgan fingerprint density at radius 2 is 1.77 bits per heavy atom. The lowest BCUT2D eigenvalue weighted by atomic mass is 10.2. The minimum atomic E-state index is -0.378. The van der Waals surface area contributed by atoms with Gasteiger partial charge in [-0.1, -0.05) is 24.3 Å². The van der Waals surface area contributed by atoms with Crippen LogP contribution in [0.3, 0.4) is 0 Å². The molecular weight excluding hydrogens is 396 g/mol. The van der Waals surface area contributed by atoms with Crippen molar-refractivity contribution in [3.63, 3.8) is 0 Å². The first-order valence-corrected chi connectivity index (χ1v) is 10.3. The maximum absolute atomic E-state index is 13.1. The predicted molar refractivity (Wildman–Crippen MR) is 119 cm³/mol. The molecule has 0 saturated heterocycles. The Balaban J connectivity index is 1.88. The first-order chi connectivity index (χ1) is 15.0. The number of fused-ring (bicyclic) bond motifs is 1. The predicted octanol–water partition coefficient (Wildman–Crippen LogP) is 2.50. The summed E-state index contributed by atoms with van der Waals surface area (Å²) in [6, 6.07) is 14.3. The van der Waals surface area contributed by atoms with Crippen LogP contribution in [0.2, 0.25) is 0 Å². The van der Waals surface area contributed by atoms with E-state index in [0.717, 1.165) is 0 Å². The third-order valence-electron chi connectivity index (χ3n) is 4.65. The minimum absolute atomic E-state index is 0.145. The van der Waals surface area contributed by atoms with Crippen molar-refractivity contribution in [3.05, 3.63) is 64.6 Å². The molecule has 8 nitrogen and oxygen atoms in total. The van der Waals surface area contributed by atoms with Crippen molar-refractivity contribution in [2.75, 3.05) is 18.5 Å². The first kappa shape index (κ1) is 22.0. The first-order valence-electron chi connectivity index (χ1n) is 10.3. The molecule has 0 unspecified atom stereocenters. The number of anilines is 1. The van der Waals surface area contributed by atoms with E-state index in [2.05, 4.69) is 15.6 Å². The zero-order valence-electron chi connectivity index (χ0n) is 17.7. The van der Waals surface area contributed by atoms with Crippen LogP contribution >= 0.6 is 0 Å². The molecule has 3 rings (SSSR count).